The molecule has 0 saturated heterocycles. The molecule has 0 aliphatic heterocycles. The zero-order valence-electron chi connectivity index (χ0n) is 8.97. The molecule has 0 heterocycles. The van der Waals surface area contributed by atoms with Crippen molar-refractivity contribution in [1.29, 1.82) is 0 Å². The van der Waals surface area contributed by atoms with Gasteiger partial charge in [-0.2, -0.15) is 0 Å². The first-order valence-electron chi connectivity index (χ1n) is 4.88. The van der Waals surface area contributed by atoms with E-state index in [2.05, 4.69) is 10.6 Å². The molecule has 0 aromatic rings. The molecule has 1 amide bonds. The molecule has 0 aromatic heterocycles. The molecule has 0 fully saturated rings. The summed E-state index contributed by atoms with van der Waals surface area (Å²) in [6, 6.07) is 0. The van der Waals surface area contributed by atoms with Gasteiger partial charge < -0.3 is 20.1 Å². The predicted molar refractivity (Wildman–Crippen MR) is 54.2 cm³/mol. The van der Waals surface area contributed by atoms with Crippen LogP contribution in [-0.4, -0.2) is 52.5 Å². The van der Waals surface area contributed by atoms with Crippen molar-refractivity contribution in [2.24, 2.45) is 0 Å². The molecule has 14 heavy (non-hydrogen) atoms. The van der Waals surface area contributed by atoms with E-state index < -0.39 is 0 Å². The first-order chi connectivity index (χ1) is 6.81. The van der Waals surface area contributed by atoms with Crippen LogP contribution in [0.15, 0.2) is 0 Å². The lowest BCUT2D eigenvalue weighted by Gasteiger charge is -2.05. The monoisotopic (exact) mass is 204 g/mol. The zero-order chi connectivity index (χ0) is 10.6. The second-order valence-electron chi connectivity index (χ2n) is 2.69. The summed E-state index contributed by atoms with van der Waals surface area (Å²) < 4.78 is 10.3. The van der Waals surface area contributed by atoms with Crippen molar-refractivity contribution in [3.63, 3.8) is 0 Å². The van der Waals surface area contributed by atoms with Gasteiger partial charge in [-0.3, -0.25) is 4.79 Å². The van der Waals surface area contributed by atoms with Crippen LogP contribution in [-0.2, 0) is 14.3 Å². The number of likely N-dealkylation sites (N-methyl/N-ethyl adjacent to an activating group) is 2. The molecule has 0 saturated carbocycles. The van der Waals surface area contributed by atoms with Gasteiger partial charge in [0, 0.05) is 13.6 Å². The van der Waals surface area contributed by atoms with E-state index in [1.165, 1.54) is 0 Å². The van der Waals surface area contributed by atoms with Gasteiger partial charge in [0.2, 0.25) is 5.91 Å². The van der Waals surface area contributed by atoms with Gasteiger partial charge in [-0.05, 0) is 6.54 Å². The maximum atomic E-state index is 10.7. The summed E-state index contributed by atoms with van der Waals surface area (Å²) >= 11 is 0. The van der Waals surface area contributed by atoms with Gasteiger partial charge >= 0.3 is 0 Å². The number of ether oxygens (including phenoxy) is 2. The lowest BCUT2D eigenvalue weighted by Crippen LogP contribution is -2.24. The number of hydrogen-bond acceptors (Lipinski definition) is 4. The van der Waals surface area contributed by atoms with Crippen LogP contribution in [0.3, 0.4) is 0 Å². The van der Waals surface area contributed by atoms with Crippen LogP contribution in [0, 0.1) is 0 Å². The Labute approximate surface area is 85.1 Å². The Morgan fingerprint density at radius 1 is 1.21 bits per heavy atom. The van der Waals surface area contributed by atoms with E-state index in [9.17, 15) is 4.79 Å². The molecule has 0 radical (unpaired) electrons. The van der Waals surface area contributed by atoms with Gasteiger partial charge in [-0.25, -0.2) is 0 Å². The zero-order valence-corrected chi connectivity index (χ0v) is 8.97. The number of rotatable bonds is 9. The highest BCUT2D eigenvalue weighted by Gasteiger charge is 1.96. The highest BCUT2D eigenvalue weighted by molar-refractivity contribution is 5.76. The van der Waals surface area contributed by atoms with E-state index in [0.717, 1.165) is 13.1 Å². The first-order valence-corrected chi connectivity index (χ1v) is 4.88. The van der Waals surface area contributed by atoms with Crippen molar-refractivity contribution < 1.29 is 14.3 Å². The minimum atomic E-state index is -0.113. The minimum Gasteiger partial charge on any atom is -0.378 e. The summed E-state index contributed by atoms with van der Waals surface area (Å²) in [7, 11) is 1.58. The second-order valence-corrected chi connectivity index (χ2v) is 2.69. The van der Waals surface area contributed by atoms with Crippen molar-refractivity contribution in [3.8, 4) is 0 Å². The van der Waals surface area contributed by atoms with Crippen LogP contribution in [0.1, 0.15) is 6.92 Å². The summed E-state index contributed by atoms with van der Waals surface area (Å²) in [5.41, 5.74) is 0. The van der Waals surface area contributed by atoms with Crippen molar-refractivity contribution >= 4 is 5.91 Å². The Morgan fingerprint density at radius 2 is 1.93 bits per heavy atom. The molecule has 0 aliphatic carbocycles. The number of carbonyl (C=O) groups excluding carboxylic acids is 1. The third kappa shape index (κ3) is 9.44. The number of amides is 1. The molecule has 0 spiro atoms. The Bertz CT molecular complexity index is 142. The molecule has 0 bridgehead atoms. The molecular formula is C9H20N2O3. The normalized spacial score (nSPS) is 10.1. The number of hydrogen-bond donors (Lipinski definition) is 2. The first kappa shape index (κ1) is 13.4. The highest BCUT2D eigenvalue weighted by Crippen LogP contribution is 1.78. The van der Waals surface area contributed by atoms with Crippen molar-refractivity contribution in [2.75, 3.05) is 46.6 Å². The summed E-state index contributed by atoms with van der Waals surface area (Å²) in [4.78, 5) is 10.7. The molecule has 84 valence electrons. The molecule has 0 unspecified atom stereocenters. The SMILES string of the molecule is CCNCCOCCOCC(=O)NC. The molecule has 2 N–H and O–H groups in total. The predicted octanol–water partition coefficient (Wildman–Crippen LogP) is -0.625. The third-order valence-corrected chi connectivity index (χ3v) is 1.56. The van der Waals surface area contributed by atoms with Gasteiger partial charge in [-0.1, -0.05) is 6.92 Å². The fourth-order valence-electron chi connectivity index (χ4n) is 0.778. The fraction of sp³-hybridized carbons (Fsp3) is 0.889. The Morgan fingerprint density at radius 3 is 2.57 bits per heavy atom. The maximum Gasteiger partial charge on any atom is 0.245 e. The molecule has 5 nitrogen and oxygen atoms in total. The molecular weight excluding hydrogens is 184 g/mol. The highest BCUT2D eigenvalue weighted by atomic mass is 16.5. The standard InChI is InChI=1S/C9H20N2O3/c1-3-11-4-5-13-6-7-14-8-9(12)10-2/h11H,3-8H2,1-2H3,(H,10,12). The van der Waals surface area contributed by atoms with E-state index >= 15 is 0 Å². The summed E-state index contributed by atoms with van der Waals surface area (Å²) in [6.45, 7) is 5.63. The molecule has 0 rings (SSSR count). The van der Waals surface area contributed by atoms with Crippen molar-refractivity contribution in [1.82, 2.24) is 10.6 Å². The Kier molecular flexibility index (Phi) is 9.95. The molecule has 0 aromatic carbocycles. The van der Waals surface area contributed by atoms with E-state index in [-0.39, 0.29) is 12.5 Å². The van der Waals surface area contributed by atoms with Crippen LogP contribution in [0.4, 0.5) is 0 Å². The largest absolute Gasteiger partial charge is 0.378 e. The molecule has 5 heteroatoms. The van der Waals surface area contributed by atoms with Crippen LogP contribution in [0.2, 0.25) is 0 Å². The lowest BCUT2D eigenvalue weighted by molar-refractivity contribution is -0.125. The van der Waals surface area contributed by atoms with E-state index in [1.54, 1.807) is 7.05 Å². The third-order valence-electron chi connectivity index (χ3n) is 1.56. The topological polar surface area (TPSA) is 59.6 Å². The van der Waals surface area contributed by atoms with Crippen molar-refractivity contribution in [3.05, 3.63) is 0 Å². The second kappa shape index (κ2) is 10.4. The van der Waals surface area contributed by atoms with Crippen LogP contribution < -0.4 is 10.6 Å². The van der Waals surface area contributed by atoms with E-state index in [4.69, 9.17) is 9.47 Å². The Hall–Kier alpha value is -0.650. The van der Waals surface area contributed by atoms with Gasteiger partial charge in [0.05, 0.1) is 19.8 Å². The smallest absolute Gasteiger partial charge is 0.245 e. The quantitative estimate of drug-likeness (QED) is 0.491. The summed E-state index contributed by atoms with van der Waals surface area (Å²) in [6.07, 6.45) is 0. The molecule has 0 aliphatic rings. The fourth-order valence-corrected chi connectivity index (χ4v) is 0.778. The number of nitrogens with one attached hydrogen (secondary N) is 2. The summed E-state index contributed by atoms with van der Waals surface area (Å²) in [5, 5.41) is 5.61. The maximum absolute atomic E-state index is 10.7. The van der Waals surface area contributed by atoms with Gasteiger partial charge in [0.25, 0.3) is 0 Å². The number of carbonyl (C=O) groups is 1. The van der Waals surface area contributed by atoms with Crippen LogP contribution in [0.5, 0.6) is 0 Å². The van der Waals surface area contributed by atoms with E-state index in [0.29, 0.717) is 19.8 Å². The summed E-state index contributed by atoms with van der Waals surface area (Å²) in [5.74, 6) is -0.113. The van der Waals surface area contributed by atoms with Crippen molar-refractivity contribution in [2.45, 2.75) is 6.92 Å². The lowest BCUT2D eigenvalue weighted by atomic mass is 10.6. The van der Waals surface area contributed by atoms with Crippen LogP contribution in [0.25, 0.3) is 0 Å². The average Bonchev–Trinajstić information content (AvgIpc) is 2.21. The van der Waals surface area contributed by atoms with Gasteiger partial charge in [0.15, 0.2) is 0 Å². The van der Waals surface area contributed by atoms with E-state index in [1.807, 2.05) is 6.92 Å². The van der Waals surface area contributed by atoms with Crippen LogP contribution >= 0.6 is 0 Å². The van der Waals surface area contributed by atoms with Gasteiger partial charge in [0.1, 0.15) is 6.61 Å². The average molecular weight is 204 g/mol. The Balaban J connectivity index is 2.95. The minimum absolute atomic E-state index is 0.104. The molecule has 0 atom stereocenters. The van der Waals surface area contributed by atoms with Gasteiger partial charge in [-0.15, -0.1) is 0 Å².